The van der Waals surface area contributed by atoms with Crippen molar-refractivity contribution in [1.82, 2.24) is 15.5 Å². The van der Waals surface area contributed by atoms with E-state index in [1.807, 2.05) is 4.90 Å². The summed E-state index contributed by atoms with van der Waals surface area (Å²) in [5.74, 6) is 1.33. The molecule has 28 heavy (non-hydrogen) atoms. The average Bonchev–Trinajstić information content (AvgIpc) is 3.35. The molecular formula is C19H30IN5O3. The van der Waals surface area contributed by atoms with E-state index in [9.17, 15) is 9.59 Å². The van der Waals surface area contributed by atoms with Crippen LogP contribution < -0.4 is 16.4 Å². The fourth-order valence-electron chi connectivity index (χ4n) is 3.85. The van der Waals surface area contributed by atoms with E-state index in [0.717, 1.165) is 25.8 Å². The molecule has 1 atom stereocenters. The number of carbonyl (C=O) groups is 2. The molecule has 3 rings (SSSR count). The quantitative estimate of drug-likeness (QED) is 0.323. The molecule has 2 amide bonds. The summed E-state index contributed by atoms with van der Waals surface area (Å²) in [7, 11) is 1.70. The summed E-state index contributed by atoms with van der Waals surface area (Å²) in [4.78, 5) is 30.0. The Hall–Kier alpha value is -1.78. The summed E-state index contributed by atoms with van der Waals surface area (Å²) in [5.41, 5.74) is 5.19. The number of likely N-dealkylation sites (tertiary alicyclic amines) is 1. The molecule has 0 radical (unpaired) electrons. The van der Waals surface area contributed by atoms with Crippen LogP contribution in [0.25, 0.3) is 0 Å². The SMILES string of the molecule is CN=C(NCc1ccc(C(N)=O)o1)NC1CCN(C(=O)C2CCCCC2)C1.I. The predicted molar refractivity (Wildman–Crippen MR) is 118 cm³/mol. The van der Waals surface area contributed by atoms with Crippen LogP contribution in [-0.4, -0.2) is 48.9 Å². The molecule has 1 unspecified atom stereocenters. The van der Waals surface area contributed by atoms with Crippen molar-refractivity contribution in [1.29, 1.82) is 0 Å². The standard InChI is InChI=1S/C19H29N5O3.HI/c1-21-19(22-11-15-7-8-16(27-15)17(20)25)23-14-9-10-24(12-14)18(26)13-5-3-2-4-6-13;/h7-8,13-14H,2-6,9-12H2,1H3,(H2,20,25)(H2,21,22,23);1H. The van der Waals surface area contributed by atoms with Crippen LogP contribution in [0.3, 0.4) is 0 Å². The molecule has 1 aliphatic carbocycles. The van der Waals surface area contributed by atoms with Crippen molar-refractivity contribution >= 4 is 41.8 Å². The topological polar surface area (TPSA) is 113 Å². The van der Waals surface area contributed by atoms with E-state index in [0.29, 0.717) is 30.7 Å². The Kier molecular flexibility index (Phi) is 8.58. The zero-order valence-electron chi connectivity index (χ0n) is 16.3. The number of nitrogens with one attached hydrogen (secondary N) is 2. The van der Waals surface area contributed by atoms with Crippen LogP contribution in [0, 0.1) is 5.92 Å². The summed E-state index contributed by atoms with van der Waals surface area (Å²) in [6, 6.07) is 3.45. The molecule has 2 aliphatic rings. The Morgan fingerprint density at radius 2 is 2.00 bits per heavy atom. The molecule has 156 valence electrons. The van der Waals surface area contributed by atoms with E-state index in [1.165, 1.54) is 19.3 Å². The van der Waals surface area contributed by atoms with Crippen LogP contribution in [0.15, 0.2) is 21.5 Å². The third-order valence-corrected chi connectivity index (χ3v) is 5.35. The summed E-state index contributed by atoms with van der Waals surface area (Å²) in [6.45, 7) is 1.90. The van der Waals surface area contributed by atoms with Crippen molar-refractivity contribution in [3.63, 3.8) is 0 Å². The fraction of sp³-hybridized carbons (Fsp3) is 0.632. The lowest BCUT2D eigenvalue weighted by Crippen LogP contribution is -2.45. The second-order valence-corrected chi connectivity index (χ2v) is 7.31. The van der Waals surface area contributed by atoms with Crippen molar-refractivity contribution in [3.8, 4) is 0 Å². The zero-order chi connectivity index (χ0) is 19.2. The van der Waals surface area contributed by atoms with E-state index in [4.69, 9.17) is 10.2 Å². The van der Waals surface area contributed by atoms with Gasteiger partial charge in [0.2, 0.25) is 5.91 Å². The zero-order valence-corrected chi connectivity index (χ0v) is 18.6. The molecular weight excluding hydrogens is 473 g/mol. The van der Waals surface area contributed by atoms with Gasteiger partial charge in [-0.15, -0.1) is 24.0 Å². The Bertz CT molecular complexity index is 699. The molecule has 1 aliphatic heterocycles. The van der Waals surface area contributed by atoms with Gasteiger partial charge in [-0.05, 0) is 31.4 Å². The first-order valence-corrected chi connectivity index (χ1v) is 9.71. The van der Waals surface area contributed by atoms with Gasteiger partial charge in [-0.25, -0.2) is 0 Å². The number of furan rings is 1. The number of aliphatic imine (C=N–C) groups is 1. The molecule has 1 saturated carbocycles. The molecule has 1 saturated heterocycles. The third kappa shape index (κ3) is 5.86. The minimum atomic E-state index is -0.586. The largest absolute Gasteiger partial charge is 0.454 e. The number of halogens is 1. The summed E-state index contributed by atoms with van der Waals surface area (Å²) in [6.07, 6.45) is 6.58. The average molecular weight is 503 g/mol. The molecule has 4 N–H and O–H groups in total. The minimum absolute atomic E-state index is 0. The van der Waals surface area contributed by atoms with Crippen LogP contribution in [0.4, 0.5) is 0 Å². The first-order chi connectivity index (χ1) is 13.1. The molecule has 0 bridgehead atoms. The highest BCUT2D eigenvalue weighted by molar-refractivity contribution is 14.0. The van der Waals surface area contributed by atoms with Crippen molar-refractivity contribution in [2.75, 3.05) is 20.1 Å². The molecule has 1 aromatic heterocycles. The van der Waals surface area contributed by atoms with Crippen molar-refractivity contribution in [2.45, 2.75) is 51.1 Å². The lowest BCUT2D eigenvalue weighted by molar-refractivity contribution is -0.135. The van der Waals surface area contributed by atoms with E-state index in [1.54, 1.807) is 19.2 Å². The Morgan fingerprint density at radius 1 is 1.25 bits per heavy atom. The predicted octanol–water partition coefficient (Wildman–Crippen LogP) is 1.84. The second-order valence-electron chi connectivity index (χ2n) is 7.31. The van der Waals surface area contributed by atoms with E-state index >= 15 is 0 Å². The number of nitrogens with zero attached hydrogens (tertiary/aromatic N) is 2. The third-order valence-electron chi connectivity index (χ3n) is 5.35. The van der Waals surface area contributed by atoms with Gasteiger partial charge in [0.15, 0.2) is 11.7 Å². The van der Waals surface area contributed by atoms with Gasteiger partial charge < -0.3 is 25.7 Å². The highest BCUT2D eigenvalue weighted by atomic mass is 127. The van der Waals surface area contributed by atoms with E-state index < -0.39 is 5.91 Å². The molecule has 0 spiro atoms. The minimum Gasteiger partial charge on any atom is -0.454 e. The van der Waals surface area contributed by atoms with Crippen molar-refractivity contribution < 1.29 is 14.0 Å². The summed E-state index contributed by atoms with van der Waals surface area (Å²) >= 11 is 0. The van der Waals surface area contributed by atoms with Crippen LogP contribution in [0.5, 0.6) is 0 Å². The second kappa shape index (κ2) is 10.7. The van der Waals surface area contributed by atoms with Gasteiger partial charge in [0.1, 0.15) is 5.76 Å². The Balaban J connectivity index is 0.00000280. The Labute approximate surface area is 182 Å². The van der Waals surface area contributed by atoms with Gasteiger partial charge in [-0.1, -0.05) is 19.3 Å². The van der Waals surface area contributed by atoms with Gasteiger partial charge in [0, 0.05) is 32.1 Å². The molecule has 0 aromatic carbocycles. The lowest BCUT2D eigenvalue weighted by Gasteiger charge is -2.26. The molecule has 2 heterocycles. The first kappa shape index (κ1) is 22.5. The summed E-state index contributed by atoms with van der Waals surface area (Å²) in [5, 5.41) is 6.53. The maximum atomic E-state index is 12.7. The van der Waals surface area contributed by atoms with Crippen molar-refractivity contribution in [3.05, 3.63) is 23.7 Å². The van der Waals surface area contributed by atoms with E-state index in [2.05, 4.69) is 15.6 Å². The normalized spacial score (nSPS) is 20.5. The smallest absolute Gasteiger partial charge is 0.284 e. The number of amides is 2. The Morgan fingerprint density at radius 3 is 2.64 bits per heavy atom. The maximum absolute atomic E-state index is 12.7. The van der Waals surface area contributed by atoms with Crippen molar-refractivity contribution in [2.24, 2.45) is 16.6 Å². The first-order valence-electron chi connectivity index (χ1n) is 9.71. The maximum Gasteiger partial charge on any atom is 0.284 e. The summed E-state index contributed by atoms with van der Waals surface area (Å²) < 4.78 is 5.35. The monoisotopic (exact) mass is 503 g/mol. The lowest BCUT2D eigenvalue weighted by atomic mass is 9.88. The number of nitrogens with two attached hydrogens (primary N) is 1. The molecule has 8 nitrogen and oxygen atoms in total. The molecule has 1 aromatic rings. The van der Waals surface area contributed by atoms with Crippen LogP contribution in [-0.2, 0) is 11.3 Å². The number of guanidine groups is 1. The van der Waals surface area contributed by atoms with Crippen LogP contribution >= 0.6 is 24.0 Å². The van der Waals surface area contributed by atoms with E-state index in [-0.39, 0.29) is 41.7 Å². The van der Waals surface area contributed by atoms with Gasteiger partial charge in [0.05, 0.1) is 6.54 Å². The van der Waals surface area contributed by atoms with Gasteiger partial charge in [-0.2, -0.15) is 0 Å². The number of primary amides is 1. The highest BCUT2D eigenvalue weighted by Crippen LogP contribution is 2.26. The van der Waals surface area contributed by atoms with Gasteiger partial charge >= 0.3 is 0 Å². The number of hydrogen-bond acceptors (Lipinski definition) is 4. The highest BCUT2D eigenvalue weighted by Gasteiger charge is 2.31. The van der Waals surface area contributed by atoms with Gasteiger partial charge in [0.25, 0.3) is 5.91 Å². The fourth-order valence-corrected chi connectivity index (χ4v) is 3.85. The number of rotatable bonds is 5. The van der Waals surface area contributed by atoms with Crippen LogP contribution in [0.2, 0.25) is 0 Å². The molecule has 2 fully saturated rings. The molecule has 9 heteroatoms. The number of hydrogen-bond donors (Lipinski definition) is 3. The van der Waals surface area contributed by atoms with Crippen LogP contribution in [0.1, 0.15) is 54.8 Å². The van der Waals surface area contributed by atoms with Gasteiger partial charge in [-0.3, -0.25) is 14.6 Å². The number of carbonyl (C=O) groups excluding carboxylic acids is 2.